The Morgan fingerprint density at radius 3 is 2.84 bits per heavy atom. The molecule has 3 N–H and O–H groups in total. The van der Waals surface area contributed by atoms with Crippen LogP contribution in [0.15, 0.2) is 5.51 Å². The van der Waals surface area contributed by atoms with E-state index < -0.39 is 0 Å². The Morgan fingerprint density at radius 2 is 2.21 bits per heavy atom. The minimum atomic E-state index is 0.327. The van der Waals surface area contributed by atoms with Crippen molar-refractivity contribution in [1.29, 1.82) is 0 Å². The van der Waals surface area contributed by atoms with Crippen molar-refractivity contribution in [2.45, 2.75) is 53.1 Å². The maximum atomic E-state index is 6.21. The fourth-order valence-corrected chi connectivity index (χ4v) is 3.91. The fourth-order valence-electron chi connectivity index (χ4n) is 3.16. The molecule has 1 aliphatic carbocycles. The van der Waals surface area contributed by atoms with Gasteiger partial charge < -0.3 is 11.1 Å². The van der Waals surface area contributed by atoms with E-state index in [1.807, 2.05) is 5.51 Å². The van der Waals surface area contributed by atoms with Crippen molar-refractivity contribution in [2.24, 2.45) is 23.0 Å². The van der Waals surface area contributed by atoms with E-state index in [1.54, 1.807) is 11.3 Å². The molecule has 0 aromatic carbocycles. The molecule has 4 heteroatoms. The first-order chi connectivity index (χ1) is 8.93. The molecule has 0 bridgehead atoms. The molecule has 0 aliphatic heterocycles. The first kappa shape index (κ1) is 14.9. The molecule has 1 heterocycles. The molecule has 1 fully saturated rings. The van der Waals surface area contributed by atoms with E-state index in [2.05, 4.69) is 38.0 Å². The largest absolute Gasteiger partial charge is 0.327 e. The average Bonchev–Trinajstić information content (AvgIpc) is 2.76. The van der Waals surface area contributed by atoms with Crippen LogP contribution < -0.4 is 11.1 Å². The molecule has 1 aromatic heterocycles. The summed E-state index contributed by atoms with van der Waals surface area (Å²) in [6.45, 7) is 11.2. The summed E-state index contributed by atoms with van der Waals surface area (Å²) in [6, 6.07) is 0.370. The van der Waals surface area contributed by atoms with Crippen molar-refractivity contribution in [3.8, 4) is 0 Å². The second kappa shape index (κ2) is 5.90. The Kier molecular flexibility index (Phi) is 4.64. The Morgan fingerprint density at radius 1 is 1.47 bits per heavy atom. The molecule has 19 heavy (non-hydrogen) atoms. The summed E-state index contributed by atoms with van der Waals surface area (Å²) in [6.07, 6.45) is 2.41. The lowest BCUT2D eigenvalue weighted by Gasteiger charge is -2.47. The number of hydrogen-bond acceptors (Lipinski definition) is 4. The Hall–Kier alpha value is -0.450. The van der Waals surface area contributed by atoms with Gasteiger partial charge in [-0.05, 0) is 43.6 Å². The summed E-state index contributed by atoms with van der Waals surface area (Å²) in [5.74, 6) is 1.31. The second-order valence-electron chi connectivity index (χ2n) is 6.54. The first-order valence-electron chi connectivity index (χ1n) is 7.28. The summed E-state index contributed by atoms with van der Waals surface area (Å²) < 4.78 is 0. The topological polar surface area (TPSA) is 50.9 Å². The van der Waals surface area contributed by atoms with Crippen molar-refractivity contribution in [2.75, 3.05) is 6.54 Å². The molecule has 1 aliphatic rings. The monoisotopic (exact) mass is 281 g/mol. The van der Waals surface area contributed by atoms with Gasteiger partial charge in [-0.15, -0.1) is 11.3 Å². The summed E-state index contributed by atoms with van der Waals surface area (Å²) in [5, 5.41) is 3.62. The third-order valence-corrected chi connectivity index (χ3v) is 6.17. The van der Waals surface area contributed by atoms with Crippen molar-refractivity contribution in [1.82, 2.24) is 10.3 Å². The van der Waals surface area contributed by atoms with Gasteiger partial charge in [-0.25, -0.2) is 4.98 Å². The molecule has 3 atom stereocenters. The van der Waals surface area contributed by atoms with Gasteiger partial charge in [0, 0.05) is 17.5 Å². The molecule has 0 amide bonds. The summed E-state index contributed by atoms with van der Waals surface area (Å²) in [5.41, 5.74) is 9.63. The van der Waals surface area contributed by atoms with Crippen LogP contribution in [0.5, 0.6) is 0 Å². The predicted molar refractivity (Wildman–Crippen MR) is 82.2 cm³/mol. The summed E-state index contributed by atoms with van der Waals surface area (Å²) >= 11 is 1.74. The molecule has 1 aromatic rings. The normalized spacial score (nSPS) is 30.5. The zero-order valence-corrected chi connectivity index (χ0v) is 13.4. The number of nitrogens with one attached hydrogen (secondary N) is 1. The van der Waals surface area contributed by atoms with E-state index in [-0.39, 0.29) is 0 Å². The first-order valence-corrected chi connectivity index (χ1v) is 8.16. The van der Waals surface area contributed by atoms with Crippen LogP contribution in [0, 0.1) is 24.2 Å². The molecule has 3 unspecified atom stereocenters. The number of nitrogens with two attached hydrogens (primary N) is 1. The fraction of sp³-hybridized carbons (Fsp3) is 0.800. The van der Waals surface area contributed by atoms with Crippen molar-refractivity contribution in [3.63, 3.8) is 0 Å². The van der Waals surface area contributed by atoms with Crippen LogP contribution in [0.1, 0.15) is 44.2 Å². The second-order valence-corrected chi connectivity index (χ2v) is 7.48. The van der Waals surface area contributed by atoms with Crippen LogP contribution in [0.25, 0.3) is 0 Å². The Bertz CT molecular complexity index is 413. The zero-order chi connectivity index (χ0) is 14.0. The minimum Gasteiger partial charge on any atom is -0.327 e. The Labute approximate surface area is 121 Å². The third kappa shape index (κ3) is 3.18. The lowest BCUT2D eigenvalue weighted by Crippen LogP contribution is -2.49. The van der Waals surface area contributed by atoms with Crippen molar-refractivity contribution in [3.05, 3.63) is 16.1 Å². The number of aromatic nitrogens is 1. The standard InChI is InChI=1S/C15H27N3S/c1-10-13(16)6-5-12(15(10,3)4)7-17-8-14-11(2)18-9-19-14/h9-10,12-13,17H,5-8,16H2,1-4H3. The smallest absolute Gasteiger partial charge is 0.0798 e. The van der Waals surface area contributed by atoms with E-state index in [4.69, 9.17) is 5.73 Å². The Balaban J connectivity index is 1.87. The van der Waals surface area contributed by atoms with E-state index in [0.717, 1.165) is 31.1 Å². The number of rotatable bonds is 4. The highest BCUT2D eigenvalue weighted by Gasteiger charge is 2.41. The van der Waals surface area contributed by atoms with Crippen LogP contribution in [0.4, 0.5) is 0 Å². The maximum Gasteiger partial charge on any atom is 0.0798 e. The van der Waals surface area contributed by atoms with Crippen LogP contribution in [-0.4, -0.2) is 17.6 Å². The SMILES string of the molecule is Cc1ncsc1CNCC1CCC(N)C(C)C1(C)C. The molecule has 108 valence electrons. The van der Waals surface area contributed by atoms with Gasteiger partial charge in [-0.1, -0.05) is 20.8 Å². The van der Waals surface area contributed by atoms with Crippen LogP contribution in [0.2, 0.25) is 0 Å². The zero-order valence-electron chi connectivity index (χ0n) is 12.6. The van der Waals surface area contributed by atoms with Crippen molar-refractivity contribution >= 4 is 11.3 Å². The highest BCUT2D eigenvalue weighted by Crippen LogP contribution is 2.43. The predicted octanol–water partition coefficient (Wildman–Crippen LogP) is 2.94. The molecule has 1 saturated carbocycles. The van der Waals surface area contributed by atoms with Crippen LogP contribution >= 0.6 is 11.3 Å². The van der Waals surface area contributed by atoms with E-state index in [1.165, 1.54) is 11.3 Å². The average molecular weight is 281 g/mol. The summed E-state index contributed by atoms with van der Waals surface area (Å²) in [4.78, 5) is 5.65. The van der Waals surface area contributed by atoms with Crippen LogP contribution in [-0.2, 0) is 6.54 Å². The molecule has 2 rings (SSSR count). The molecule has 0 radical (unpaired) electrons. The van der Waals surface area contributed by atoms with Gasteiger partial charge in [0.15, 0.2) is 0 Å². The highest BCUT2D eigenvalue weighted by molar-refractivity contribution is 7.09. The van der Waals surface area contributed by atoms with Crippen molar-refractivity contribution < 1.29 is 0 Å². The van der Waals surface area contributed by atoms with Gasteiger partial charge in [0.25, 0.3) is 0 Å². The third-order valence-electron chi connectivity index (χ3n) is 5.24. The van der Waals surface area contributed by atoms with Crippen LogP contribution in [0.3, 0.4) is 0 Å². The quantitative estimate of drug-likeness (QED) is 0.892. The molecular formula is C15H27N3S. The number of thiazole rings is 1. The minimum absolute atomic E-state index is 0.327. The van der Waals surface area contributed by atoms with Gasteiger partial charge in [0.2, 0.25) is 0 Å². The van der Waals surface area contributed by atoms with Gasteiger partial charge in [-0.3, -0.25) is 0 Å². The van der Waals surface area contributed by atoms with E-state index in [0.29, 0.717) is 17.4 Å². The van der Waals surface area contributed by atoms with Gasteiger partial charge in [-0.2, -0.15) is 0 Å². The number of aryl methyl sites for hydroxylation is 1. The number of hydrogen-bond donors (Lipinski definition) is 2. The van der Waals surface area contributed by atoms with Gasteiger partial charge in [0.1, 0.15) is 0 Å². The van der Waals surface area contributed by atoms with Gasteiger partial charge >= 0.3 is 0 Å². The van der Waals surface area contributed by atoms with E-state index >= 15 is 0 Å². The molecule has 0 spiro atoms. The molecular weight excluding hydrogens is 254 g/mol. The lowest BCUT2D eigenvalue weighted by molar-refractivity contribution is 0.0539. The number of nitrogens with zero attached hydrogens (tertiary/aromatic N) is 1. The molecule has 3 nitrogen and oxygen atoms in total. The lowest BCUT2D eigenvalue weighted by atomic mass is 9.61. The molecule has 0 saturated heterocycles. The summed E-state index contributed by atoms with van der Waals surface area (Å²) in [7, 11) is 0. The maximum absolute atomic E-state index is 6.21. The highest BCUT2D eigenvalue weighted by atomic mass is 32.1. The van der Waals surface area contributed by atoms with E-state index in [9.17, 15) is 0 Å². The van der Waals surface area contributed by atoms with Gasteiger partial charge in [0.05, 0.1) is 11.2 Å².